The highest BCUT2D eigenvalue weighted by molar-refractivity contribution is 6.43. The van der Waals surface area contributed by atoms with Crippen LogP contribution in [0.3, 0.4) is 0 Å². The van der Waals surface area contributed by atoms with Crippen LogP contribution in [0.1, 0.15) is 30.9 Å². The second kappa shape index (κ2) is 7.72. The number of fused-ring (bicyclic) bond motifs is 1. The van der Waals surface area contributed by atoms with E-state index in [1.165, 1.54) is 11.8 Å². The third-order valence-corrected chi connectivity index (χ3v) is 5.64. The standard InChI is InChI=1S/C23H26N4O2/c1-15(28)27-20-14-17(24)8-9-19(20)21(23(27)29)22(16-6-4-3-5-7-16)25-18-10-12-26(2)13-11-18/h3-9,14,18,25H,10-13,24H2,1-2H3/b22-21-. The fourth-order valence-electron chi connectivity index (χ4n) is 4.10. The molecule has 2 heterocycles. The number of likely N-dealkylation sites (tertiary alicyclic amines) is 1. The fourth-order valence-corrected chi connectivity index (χ4v) is 4.10. The summed E-state index contributed by atoms with van der Waals surface area (Å²) in [6.07, 6.45) is 2.00. The van der Waals surface area contributed by atoms with Crippen molar-refractivity contribution in [1.82, 2.24) is 10.2 Å². The third-order valence-electron chi connectivity index (χ3n) is 5.64. The van der Waals surface area contributed by atoms with Crippen molar-refractivity contribution in [1.29, 1.82) is 0 Å². The molecule has 6 nitrogen and oxygen atoms in total. The van der Waals surface area contributed by atoms with Gasteiger partial charge in [-0.05, 0) is 56.7 Å². The Bertz CT molecular complexity index is 976. The SMILES string of the molecule is CC(=O)N1C(=O)/C(=C(\NC2CCN(C)CC2)c2ccccc2)c2ccc(N)cc21. The average Bonchev–Trinajstić information content (AvgIpc) is 2.99. The van der Waals surface area contributed by atoms with Gasteiger partial charge in [0, 0.05) is 24.2 Å². The number of piperidine rings is 1. The van der Waals surface area contributed by atoms with Gasteiger partial charge in [0.15, 0.2) is 0 Å². The van der Waals surface area contributed by atoms with Crippen LogP contribution in [0.4, 0.5) is 11.4 Å². The van der Waals surface area contributed by atoms with Gasteiger partial charge in [0.2, 0.25) is 5.91 Å². The molecule has 0 atom stereocenters. The number of hydrogen-bond donors (Lipinski definition) is 2. The van der Waals surface area contributed by atoms with Crippen molar-refractivity contribution in [3.63, 3.8) is 0 Å². The summed E-state index contributed by atoms with van der Waals surface area (Å²) in [5.74, 6) is -0.624. The fraction of sp³-hybridized carbons (Fsp3) is 0.304. The zero-order chi connectivity index (χ0) is 20.5. The first-order chi connectivity index (χ1) is 14.0. The molecular formula is C23H26N4O2. The lowest BCUT2D eigenvalue weighted by Crippen LogP contribution is -2.40. The Balaban J connectivity index is 1.86. The molecule has 0 bridgehead atoms. The quantitative estimate of drug-likeness (QED) is 0.622. The van der Waals surface area contributed by atoms with Gasteiger partial charge in [-0.3, -0.25) is 9.59 Å². The van der Waals surface area contributed by atoms with Gasteiger partial charge in [0.05, 0.1) is 17.0 Å². The number of hydrogen-bond acceptors (Lipinski definition) is 5. The maximum Gasteiger partial charge on any atom is 0.267 e. The van der Waals surface area contributed by atoms with Crippen LogP contribution in [0.25, 0.3) is 11.3 Å². The Kier molecular flexibility index (Phi) is 5.11. The van der Waals surface area contributed by atoms with Crippen molar-refractivity contribution >= 4 is 34.5 Å². The molecule has 0 radical (unpaired) electrons. The predicted octanol–water partition coefficient (Wildman–Crippen LogP) is 2.71. The van der Waals surface area contributed by atoms with Crippen LogP contribution in [0.5, 0.6) is 0 Å². The van der Waals surface area contributed by atoms with Gasteiger partial charge in [-0.1, -0.05) is 30.3 Å². The van der Waals surface area contributed by atoms with E-state index in [1.54, 1.807) is 12.1 Å². The number of nitrogen functional groups attached to an aromatic ring is 1. The van der Waals surface area contributed by atoms with Crippen molar-refractivity contribution in [3.05, 3.63) is 59.7 Å². The first-order valence-electron chi connectivity index (χ1n) is 9.95. The normalized spacial score (nSPS) is 19.2. The van der Waals surface area contributed by atoms with Gasteiger partial charge in [0.1, 0.15) is 0 Å². The second-order valence-electron chi connectivity index (χ2n) is 7.77. The number of nitrogens with zero attached hydrogens (tertiary/aromatic N) is 2. The summed E-state index contributed by atoms with van der Waals surface area (Å²) in [7, 11) is 2.12. The van der Waals surface area contributed by atoms with E-state index in [2.05, 4.69) is 17.3 Å². The van der Waals surface area contributed by atoms with E-state index in [-0.39, 0.29) is 17.9 Å². The molecule has 2 aromatic rings. The number of nitrogens with one attached hydrogen (secondary N) is 1. The Morgan fingerprint density at radius 3 is 2.45 bits per heavy atom. The summed E-state index contributed by atoms with van der Waals surface area (Å²) in [5, 5.41) is 3.64. The van der Waals surface area contributed by atoms with Crippen LogP contribution < -0.4 is 16.0 Å². The third kappa shape index (κ3) is 3.63. The van der Waals surface area contributed by atoms with Crippen molar-refractivity contribution in [2.75, 3.05) is 30.8 Å². The van der Waals surface area contributed by atoms with E-state index < -0.39 is 0 Å². The first kappa shape index (κ1) is 19.2. The number of anilines is 2. The lowest BCUT2D eigenvalue weighted by Gasteiger charge is -2.31. The van der Waals surface area contributed by atoms with Gasteiger partial charge >= 0.3 is 0 Å². The number of nitrogens with two attached hydrogens (primary N) is 1. The molecule has 0 saturated carbocycles. The molecule has 1 saturated heterocycles. The Labute approximate surface area is 171 Å². The minimum atomic E-state index is -0.316. The van der Waals surface area contributed by atoms with Crippen LogP contribution in [-0.2, 0) is 9.59 Å². The summed E-state index contributed by atoms with van der Waals surface area (Å²) >= 11 is 0. The number of amides is 2. The number of carbonyl (C=O) groups excluding carboxylic acids is 2. The van der Waals surface area contributed by atoms with Gasteiger partial charge in [-0.25, -0.2) is 4.90 Å². The highest BCUT2D eigenvalue weighted by atomic mass is 16.2. The molecule has 6 heteroatoms. The van der Waals surface area contributed by atoms with Crippen molar-refractivity contribution in [2.45, 2.75) is 25.8 Å². The number of benzene rings is 2. The topological polar surface area (TPSA) is 78.7 Å². The van der Waals surface area contributed by atoms with Crippen molar-refractivity contribution in [2.24, 2.45) is 0 Å². The summed E-state index contributed by atoms with van der Waals surface area (Å²) in [6.45, 7) is 3.42. The van der Waals surface area contributed by atoms with Crippen molar-refractivity contribution in [3.8, 4) is 0 Å². The van der Waals surface area contributed by atoms with Gasteiger partial charge in [-0.2, -0.15) is 0 Å². The zero-order valence-electron chi connectivity index (χ0n) is 16.8. The molecular weight excluding hydrogens is 364 g/mol. The van der Waals surface area contributed by atoms with E-state index in [0.29, 0.717) is 16.9 Å². The van der Waals surface area contributed by atoms with E-state index in [1.807, 2.05) is 36.4 Å². The van der Waals surface area contributed by atoms with Gasteiger partial charge in [-0.15, -0.1) is 0 Å². The Morgan fingerprint density at radius 1 is 1.10 bits per heavy atom. The van der Waals surface area contributed by atoms with Crippen LogP contribution in [-0.4, -0.2) is 42.9 Å². The minimum absolute atomic E-state index is 0.269. The molecule has 0 aromatic heterocycles. The molecule has 4 rings (SSSR count). The molecule has 29 heavy (non-hydrogen) atoms. The summed E-state index contributed by atoms with van der Waals surface area (Å²) in [4.78, 5) is 29.2. The van der Waals surface area contributed by atoms with E-state index >= 15 is 0 Å². The lowest BCUT2D eigenvalue weighted by molar-refractivity contribution is -0.122. The molecule has 2 aromatic carbocycles. The second-order valence-corrected chi connectivity index (χ2v) is 7.77. The molecule has 2 aliphatic rings. The molecule has 1 fully saturated rings. The molecule has 2 aliphatic heterocycles. The first-order valence-corrected chi connectivity index (χ1v) is 9.95. The summed E-state index contributed by atoms with van der Waals surface area (Å²) in [5.41, 5.74) is 10.00. The maximum atomic E-state index is 13.4. The number of rotatable bonds is 3. The van der Waals surface area contributed by atoms with E-state index in [4.69, 9.17) is 5.73 Å². The highest BCUT2D eigenvalue weighted by Gasteiger charge is 2.38. The van der Waals surface area contributed by atoms with Gasteiger partial charge in [0.25, 0.3) is 5.91 Å². The van der Waals surface area contributed by atoms with E-state index in [0.717, 1.165) is 42.8 Å². The Morgan fingerprint density at radius 2 is 1.79 bits per heavy atom. The van der Waals surface area contributed by atoms with Gasteiger partial charge < -0.3 is 16.0 Å². The highest BCUT2D eigenvalue weighted by Crippen LogP contribution is 2.41. The Hall–Kier alpha value is -3.12. The molecule has 2 amide bonds. The van der Waals surface area contributed by atoms with Crippen LogP contribution >= 0.6 is 0 Å². The van der Waals surface area contributed by atoms with Crippen LogP contribution in [0, 0.1) is 0 Å². The number of carbonyl (C=O) groups is 2. The number of imide groups is 1. The molecule has 150 valence electrons. The van der Waals surface area contributed by atoms with Crippen LogP contribution in [0.15, 0.2) is 48.5 Å². The smallest absolute Gasteiger partial charge is 0.267 e. The maximum absolute atomic E-state index is 13.4. The molecule has 0 unspecified atom stereocenters. The minimum Gasteiger partial charge on any atom is -0.399 e. The molecule has 0 spiro atoms. The monoisotopic (exact) mass is 390 g/mol. The van der Waals surface area contributed by atoms with Crippen LogP contribution in [0.2, 0.25) is 0 Å². The summed E-state index contributed by atoms with van der Waals surface area (Å²) in [6, 6.07) is 15.4. The zero-order valence-corrected chi connectivity index (χ0v) is 16.8. The molecule has 0 aliphatic carbocycles. The molecule has 3 N–H and O–H groups in total. The largest absolute Gasteiger partial charge is 0.399 e. The predicted molar refractivity (Wildman–Crippen MR) is 116 cm³/mol. The average molecular weight is 390 g/mol. The lowest BCUT2D eigenvalue weighted by atomic mass is 9.97. The summed E-state index contributed by atoms with van der Waals surface area (Å²) < 4.78 is 0. The van der Waals surface area contributed by atoms with Crippen molar-refractivity contribution < 1.29 is 9.59 Å². The van der Waals surface area contributed by atoms with E-state index in [9.17, 15) is 9.59 Å².